The second-order valence-electron chi connectivity index (χ2n) is 5.30. The molecule has 2 amide bonds. The SMILES string of the molecule is CC[C@@H](C)[C@H](NC(=O)[C@H](O)c1ccc(C(F)(F)F)cc1)C(N)=O. The third-order valence-electron chi connectivity index (χ3n) is 3.62. The molecule has 5 nitrogen and oxygen atoms in total. The molecule has 0 aliphatic carbocycles. The fourth-order valence-corrected chi connectivity index (χ4v) is 1.97. The minimum atomic E-state index is -4.50. The van der Waals surface area contributed by atoms with E-state index in [1.807, 2.05) is 0 Å². The Balaban J connectivity index is 2.85. The molecule has 128 valence electrons. The Morgan fingerprint density at radius 3 is 2.17 bits per heavy atom. The van der Waals surface area contributed by atoms with Gasteiger partial charge in [-0.25, -0.2) is 0 Å². The second kappa shape index (κ2) is 7.45. The van der Waals surface area contributed by atoms with Crippen molar-refractivity contribution in [2.24, 2.45) is 11.7 Å². The van der Waals surface area contributed by atoms with E-state index in [-0.39, 0.29) is 11.5 Å². The van der Waals surface area contributed by atoms with Gasteiger partial charge in [0.1, 0.15) is 6.04 Å². The first-order valence-corrected chi connectivity index (χ1v) is 7.02. The average Bonchev–Trinajstić information content (AvgIpc) is 2.49. The topological polar surface area (TPSA) is 92.4 Å². The molecule has 23 heavy (non-hydrogen) atoms. The van der Waals surface area contributed by atoms with Crippen LogP contribution in [0.1, 0.15) is 37.5 Å². The molecule has 0 bridgehead atoms. The molecule has 0 saturated carbocycles. The van der Waals surface area contributed by atoms with Crippen molar-refractivity contribution in [3.8, 4) is 0 Å². The van der Waals surface area contributed by atoms with E-state index >= 15 is 0 Å². The Bertz CT molecular complexity index is 558. The molecule has 8 heteroatoms. The highest BCUT2D eigenvalue weighted by molar-refractivity contribution is 5.89. The summed E-state index contributed by atoms with van der Waals surface area (Å²) in [5.74, 6) is -1.88. The summed E-state index contributed by atoms with van der Waals surface area (Å²) in [4.78, 5) is 23.3. The molecule has 1 aromatic rings. The van der Waals surface area contributed by atoms with Gasteiger partial charge >= 0.3 is 6.18 Å². The Labute approximate surface area is 131 Å². The van der Waals surface area contributed by atoms with Crippen LogP contribution in [0.5, 0.6) is 0 Å². The summed E-state index contributed by atoms with van der Waals surface area (Å²) >= 11 is 0. The molecular weight excluding hydrogens is 313 g/mol. The van der Waals surface area contributed by atoms with E-state index in [0.717, 1.165) is 24.3 Å². The van der Waals surface area contributed by atoms with Gasteiger partial charge < -0.3 is 16.2 Å². The number of nitrogens with one attached hydrogen (secondary N) is 1. The van der Waals surface area contributed by atoms with E-state index in [1.165, 1.54) is 0 Å². The first-order valence-electron chi connectivity index (χ1n) is 7.02. The van der Waals surface area contributed by atoms with Gasteiger partial charge in [0.05, 0.1) is 5.56 Å². The minimum absolute atomic E-state index is 0.0112. The van der Waals surface area contributed by atoms with E-state index < -0.39 is 35.7 Å². The van der Waals surface area contributed by atoms with Crippen LogP contribution in [0.4, 0.5) is 13.2 Å². The maximum atomic E-state index is 12.5. The molecule has 0 fully saturated rings. The van der Waals surface area contributed by atoms with Crippen LogP contribution >= 0.6 is 0 Å². The lowest BCUT2D eigenvalue weighted by atomic mass is 9.98. The smallest absolute Gasteiger partial charge is 0.378 e. The first kappa shape index (κ1) is 19.0. The van der Waals surface area contributed by atoms with Crippen molar-refractivity contribution in [2.75, 3.05) is 0 Å². The lowest BCUT2D eigenvalue weighted by Gasteiger charge is -2.22. The maximum Gasteiger partial charge on any atom is 0.416 e. The molecule has 0 heterocycles. The van der Waals surface area contributed by atoms with Crippen LogP contribution in [0, 0.1) is 5.92 Å². The van der Waals surface area contributed by atoms with E-state index in [0.29, 0.717) is 6.42 Å². The molecule has 4 N–H and O–H groups in total. The number of primary amides is 1. The zero-order valence-corrected chi connectivity index (χ0v) is 12.7. The Hall–Kier alpha value is -2.09. The van der Waals surface area contributed by atoms with Gasteiger partial charge in [-0.05, 0) is 23.6 Å². The molecule has 0 aromatic heterocycles. The Morgan fingerprint density at radius 2 is 1.78 bits per heavy atom. The average molecular weight is 332 g/mol. The van der Waals surface area contributed by atoms with Gasteiger partial charge in [0.15, 0.2) is 6.10 Å². The van der Waals surface area contributed by atoms with Crippen molar-refractivity contribution < 1.29 is 27.9 Å². The number of carbonyl (C=O) groups is 2. The fourth-order valence-electron chi connectivity index (χ4n) is 1.97. The predicted molar refractivity (Wildman–Crippen MR) is 77.0 cm³/mol. The number of halogens is 3. The molecule has 0 unspecified atom stereocenters. The van der Waals surface area contributed by atoms with E-state index in [1.54, 1.807) is 13.8 Å². The van der Waals surface area contributed by atoms with Gasteiger partial charge in [0, 0.05) is 0 Å². The largest absolute Gasteiger partial charge is 0.416 e. The maximum absolute atomic E-state index is 12.5. The van der Waals surface area contributed by atoms with Gasteiger partial charge in [-0.15, -0.1) is 0 Å². The third-order valence-corrected chi connectivity index (χ3v) is 3.62. The number of hydrogen-bond donors (Lipinski definition) is 3. The van der Waals surface area contributed by atoms with Crippen molar-refractivity contribution in [1.29, 1.82) is 0 Å². The van der Waals surface area contributed by atoms with Crippen molar-refractivity contribution in [2.45, 2.75) is 38.6 Å². The molecule has 1 rings (SSSR count). The van der Waals surface area contributed by atoms with Crippen LogP contribution in [0.3, 0.4) is 0 Å². The second-order valence-corrected chi connectivity index (χ2v) is 5.30. The van der Waals surface area contributed by atoms with E-state index in [9.17, 15) is 27.9 Å². The zero-order chi connectivity index (χ0) is 17.8. The van der Waals surface area contributed by atoms with Crippen LogP contribution in [0.2, 0.25) is 0 Å². The van der Waals surface area contributed by atoms with Crippen LogP contribution in [0.25, 0.3) is 0 Å². The van der Waals surface area contributed by atoms with E-state index in [4.69, 9.17) is 5.73 Å². The van der Waals surface area contributed by atoms with Crippen LogP contribution in [-0.4, -0.2) is 23.0 Å². The number of benzene rings is 1. The monoisotopic (exact) mass is 332 g/mol. The van der Waals surface area contributed by atoms with Crippen molar-refractivity contribution in [1.82, 2.24) is 5.32 Å². The van der Waals surface area contributed by atoms with Crippen molar-refractivity contribution in [3.05, 3.63) is 35.4 Å². The number of aliphatic hydroxyl groups is 1. The standard InChI is InChI=1S/C15H19F3N2O3/c1-3-8(2)11(13(19)22)20-14(23)12(21)9-4-6-10(7-5-9)15(16,17)18/h4-8,11-12,21H,3H2,1-2H3,(H2,19,22)(H,20,23)/t8-,11+,12-/m1/s1. The molecular formula is C15H19F3N2O3. The highest BCUT2D eigenvalue weighted by Crippen LogP contribution is 2.30. The summed E-state index contributed by atoms with van der Waals surface area (Å²) < 4.78 is 37.4. The molecule has 0 aliphatic rings. The van der Waals surface area contributed by atoms with Crippen LogP contribution < -0.4 is 11.1 Å². The van der Waals surface area contributed by atoms with Crippen LogP contribution in [-0.2, 0) is 15.8 Å². The highest BCUT2D eigenvalue weighted by Gasteiger charge is 2.31. The Kier molecular flexibility index (Phi) is 6.14. The quantitative estimate of drug-likeness (QED) is 0.741. The molecule has 0 radical (unpaired) electrons. The molecule has 0 spiro atoms. The number of alkyl halides is 3. The predicted octanol–water partition coefficient (Wildman–Crippen LogP) is 1.76. The summed E-state index contributed by atoms with van der Waals surface area (Å²) in [5, 5.41) is 12.2. The number of rotatable bonds is 6. The summed E-state index contributed by atoms with van der Waals surface area (Å²) in [6.45, 7) is 3.51. The first-order chi connectivity index (χ1) is 10.6. The number of amides is 2. The molecule has 3 atom stereocenters. The fraction of sp³-hybridized carbons (Fsp3) is 0.467. The number of carbonyl (C=O) groups excluding carboxylic acids is 2. The van der Waals surface area contributed by atoms with Gasteiger partial charge in [0.2, 0.25) is 5.91 Å². The number of aliphatic hydroxyl groups excluding tert-OH is 1. The highest BCUT2D eigenvalue weighted by atomic mass is 19.4. The molecule has 0 saturated heterocycles. The van der Waals surface area contributed by atoms with E-state index in [2.05, 4.69) is 5.32 Å². The molecule has 0 aliphatic heterocycles. The number of nitrogens with two attached hydrogens (primary N) is 1. The van der Waals surface area contributed by atoms with Gasteiger partial charge in [-0.3, -0.25) is 9.59 Å². The lowest BCUT2D eigenvalue weighted by Crippen LogP contribution is -2.49. The molecule has 1 aromatic carbocycles. The Morgan fingerprint density at radius 1 is 1.26 bits per heavy atom. The summed E-state index contributed by atoms with van der Waals surface area (Å²) in [6, 6.07) is 2.60. The third kappa shape index (κ3) is 4.95. The van der Waals surface area contributed by atoms with Gasteiger partial charge in [-0.1, -0.05) is 32.4 Å². The van der Waals surface area contributed by atoms with Crippen LogP contribution in [0.15, 0.2) is 24.3 Å². The summed E-state index contributed by atoms with van der Waals surface area (Å²) in [6.07, 6.45) is -5.62. The van der Waals surface area contributed by atoms with Crippen molar-refractivity contribution >= 4 is 11.8 Å². The zero-order valence-electron chi connectivity index (χ0n) is 12.7. The number of hydrogen-bond acceptors (Lipinski definition) is 3. The lowest BCUT2D eigenvalue weighted by molar-refractivity contribution is -0.137. The van der Waals surface area contributed by atoms with Crippen molar-refractivity contribution in [3.63, 3.8) is 0 Å². The van der Waals surface area contributed by atoms with Gasteiger partial charge in [0.25, 0.3) is 5.91 Å². The van der Waals surface area contributed by atoms with Gasteiger partial charge in [-0.2, -0.15) is 13.2 Å². The summed E-state index contributed by atoms with van der Waals surface area (Å²) in [5.41, 5.74) is 4.31. The normalized spacial score (nSPS) is 15.6. The minimum Gasteiger partial charge on any atom is -0.378 e. The summed E-state index contributed by atoms with van der Waals surface area (Å²) in [7, 11) is 0.